The van der Waals surface area contributed by atoms with Gasteiger partial charge in [0.25, 0.3) is 0 Å². The van der Waals surface area contributed by atoms with Gasteiger partial charge >= 0.3 is 5.69 Å². The van der Waals surface area contributed by atoms with Gasteiger partial charge in [-0.2, -0.15) is 14.6 Å². The van der Waals surface area contributed by atoms with Crippen LogP contribution < -0.4 is 5.69 Å². The molecular weight excluding hydrogens is 346 g/mol. The largest absolute Gasteiger partial charge is 0.369 e. The zero-order chi connectivity index (χ0) is 17.9. The van der Waals surface area contributed by atoms with E-state index in [4.69, 9.17) is 0 Å². The molecule has 26 heavy (non-hydrogen) atoms. The minimum atomic E-state index is -0.272. The van der Waals surface area contributed by atoms with E-state index in [9.17, 15) is 10.1 Å². The summed E-state index contributed by atoms with van der Waals surface area (Å²) < 4.78 is 2.63. The Morgan fingerprint density at radius 2 is 1.81 bits per heavy atom. The fourth-order valence-corrected chi connectivity index (χ4v) is 3.37. The number of nitriles is 1. The van der Waals surface area contributed by atoms with Gasteiger partial charge in [0.1, 0.15) is 5.00 Å². The van der Waals surface area contributed by atoms with Crippen molar-refractivity contribution in [2.75, 3.05) is 0 Å². The van der Waals surface area contributed by atoms with Crippen LogP contribution in [-0.4, -0.2) is 19.8 Å². The van der Waals surface area contributed by atoms with Crippen LogP contribution >= 0.6 is 11.3 Å². The molecule has 2 aromatic carbocycles. The minimum Gasteiger partial charge on any atom is -0.244 e. The van der Waals surface area contributed by atoms with Crippen LogP contribution in [0, 0.1) is 11.3 Å². The maximum absolute atomic E-state index is 12.4. The third-order valence-corrected chi connectivity index (χ3v) is 4.84. The van der Waals surface area contributed by atoms with E-state index in [1.165, 1.54) is 20.7 Å². The number of aromatic nitrogens is 4. The van der Waals surface area contributed by atoms with Crippen molar-refractivity contribution in [2.45, 2.75) is 6.54 Å². The zero-order valence-corrected chi connectivity index (χ0v) is 14.4. The van der Waals surface area contributed by atoms with E-state index in [0.29, 0.717) is 12.1 Å². The topological polar surface area (TPSA) is 76.5 Å². The SMILES string of the molecule is N#Cc1ccccc1-c1ccc(Cn2nnn(-c3cccs3)c2=O)cc1. The molecule has 0 radical (unpaired) electrons. The van der Waals surface area contributed by atoms with Crippen molar-refractivity contribution in [3.05, 3.63) is 87.7 Å². The summed E-state index contributed by atoms with van der Waals surface area (Å²) in [7, 11) is 0. The molecule has 0 bridgehead atoms. The lowest BCUT2D eigenvalue weighted by atomic mass is 9.99. The van der Waals surface area contributed by atoms with Crippen molar-refractivity contribution < 1.29 is 0 Å². The van der Waals surface area contributed by atoms with Gasteiger partial charge < -0.3 is 0 Å². The van der Waals surface area contributed by atoms with E-state index in [1.54, 1.807) is 6.07 Å². The van der Waals surface area contributed by atoms with Crippen LogP contribution in [0.15, 0.2) is 70.8 Å². The second kappa shape index (κ2) is 6.78. The lowest BCUT2D eigenvalue weighted by Crippen LogP contribution is -2.24. The van der Waals surface area contributed by atoms with Crippen LogP contribution in [0.4, 0.5) is 0 Å². The Morgan fingerprint density at radius 1 is 1.00 bits per heavy atom. The van der Waals surface area contributed by atoms with Crippen molar-refractivity contribution >= 4 is 11.3 Å². The van der Waals surface area contributed by atoms with Gasteiger partial charge in [0.15, 0.2) is 0 Å². The van der Waals surface area contributed by atoms with E-state index in [-0.39, 0.29) is 5.69 Å². The molecule has 126 valence electrons. The summed E-state index contributed by atoms with van der Waals surface area (Å²) in [6.45, 7) is 0.338. The van der Waals surface area contributed by atoms with E-state index in [0.717, 1.165) is 21.7 Å². The molecule has 0 amide bonds. The van der Waals surface area contributed by atoms with Gasteiger partial charge in [-0.1, -0.05) is 42.5 Å². The second-order valence-electron chi connectivity index (χ2n) is 5.64. The normalized spacial score (nSPS) is 10.6. The number of hydrogen-bond donors (Lipinski definition) is 0. The van der Waals surface area contributed by atoms with Crippen LogP contribution in [0.1, 0.15) is 11.1 Å². The molecule has 7 heteroatoms. The van der Waals surface area contributed by atoms with Crippen LogP contribution in [0.25, 0.3) is 16.1 Å². The monoisotopic (exact) mass is 359 g/mol. The van der Waals surface area contributed by atoms with Crippen molar-refractivity contribution in [1.29, 1.82) is 5.26 Å². The molecule has 6 nitrogen and oxygen atoms in total. The molecule has 0 aliphatic rings. The lowest BCUT2D eigenvalue weighted by molar-refractivity contribution is 0.632. The number of nitrogens with zero attached hydrogens (tertiary/aromatic N) is 5. The first-order valence-electron chi connectivity index (χ1n) is 7.91. The van der Waals surface area contributed by atoms with Gasteiger partial charge in [-0.3, -0.25) is 0 Å². The molecule has 0 saturated heterocycles. The van der Waals surface area contributed by atoms with Gasteiger partial charge in [0.05, 0.1) is 18.2 Å². The van der Waals surface area contributed by atoms with Crippen LogP contribution in [0.5, 0.6) is 0 Å². The first-order valence-corrected chi connectivity index (χ1v) is 8.79. The first-order chi connectivity index (χ1) is 12.8. The molecule has 0 unspecified atom stereocenters. The highest BCUT2D eigenvalue weighted by atomic mass is 32.1. The average Bonchev–Trinajstić information content (AvgIpc) is 3.33. The zero-order valence-electron chi connectivity index (χ0n) is 13.6. The summed E-state index contributed by atoms with van der Waals surface area (Å²) in [5, 5.41) is 19.8. The summed E-state index contributed by atoms with van der Waals surface area (Å²) in [5.41, 5.74) is 3.15. The molecule has 0 atom stereocenters. The highest BCUT2D eigenvalue weighted by molar-refractivity contribution is 7.12. The maximum atomic E-state index is 12.4. The molecule has 0 aliphatic carbocycles. The quantitative estimate of drug-likeness (QED) is 0.561. The summed E-state index contributed by atoms with van der Waals surface area (Å²) in [6.07, 6.45) is 0. The Balaban J connectivity index is 1.59. The third-order valence-electron chi connectivity index (χ3n) is 4.00. The molecule has 2 heterocycles. The average molecular weight is 359 g/mol. The molecule has 0 saturated carbocycles. The third kappa shape index (κ3) is 2.94. The second-order valence-corrected chi connectivity index (χ2v) is 6.56. The minimum absolute atomic E-state index is 0.272. The first kappa shape index (κ1) is 16.0. The lowest BCUT2D eigenvalue weighted by Gasteiger charge is -2.05. The number of benzene rings is 2. The molecule has 0 N–H and O–H groups in total. The number of rotatable bonds is 4. The Hall–Kier alpha value is -3.50. The highest BCUT2D eigenvalue weighted by Crippen LogP contribution is 2.23. The molecule has 0 fully saturated rings. The molecule has 4 aromatic rings. The van der Waals surface area contributed by atoms with E-state index in [2.05, 4.69) is 16.5 Å². The maximum Gasteiger partial charge on any atom is 0.369 e. The highest BCUT2D eigenvalue weighted by Gasteiger charge is 2.10. The predicted octanol–water partition coefficient (Wildman–Crippen LogP) is 3.08. The molecular formula is C19H13N5OS. The molecule has 0 aliphatic heterocycles. The Bertz CT molecular complexity index is 1130. The molecule has 2 aromatic heterocycles. The van der Waals surface area contributed by atoms with Crippen molar-refractivity contribution in [1.82, 2.24) is 19.8 Å². The summed E-state index contributed by atoms with van der Waals surface area (Å²) in [4.78, 5) is 12.4. The van der Waals surface area contributed by atoms with Gasteiger partial charge in [-0.25, -0.2) is 4.79 Å². The van der Waals surface area contributed by atoms with Crippen LogP contribution in [-0.2, 0) is 6.54 Å². The Morgan fingerprint density at radius 3 is 2.54 bits per heavy atom. The fourth-order valence-electron chi connectivity index (χ4n) is 2.70. The summed E-state index contributed by atoms with van der Waals surface area (Å²) in [6, 6.07) is 21.1. The standard InChI is InChI=1S/C19H13N5OS/c20-12-16-4-1-2-5-17(16)15-9-7-14(8-10-15)13-23-19(25)24(22-21-23)18-6-3-11-26-18/h1-11H,13H2. The van der Waals surface area contributed by atoms with Crippen molar-refractivity contribution in [3.8, 4) is 22.2 Å². The Kier molecular flexibility index (Phi) is 4.17. The molecule has 0 spiro atoms. The van der Waals surface area contributed by atoms with E-state index in [1.807, 2.05) is 60.0 Å². The van der Waals surface area contributed by atoms with Crippen molar-refractivity contribution in [2.24, 2.45) is 0 Å². The van der Waals surface area contributed by atoms with E-state index >= 15 is 0 Å². The van der Waals surface area contributed by atoms with Crippen LogP contribution in [0.2, 0.25) is 0 Å². The van der Waals surface area contributed by atoms with Crippen LogP contribution in [0.3, 0.4) is 0 Å². The summed E-state index contributed by atoms with van der Waals surface area (Å²) >= 11 is 1.43. The fraction of sp³-hybridized carbons (Fsp3) is 0.0526. The van der Waals surface area contributed by atoms with Gasteiger partial charge in [-0.05, 0) is 50.7 Å². The Labute approximate surface area is 153 Å². The number of hydrogen-bond acceptors (Lipinski definition) is 5. The number of tetrazole rings is 1. The van der Waals surface area contributed by atoms with Gasteiger partial charge in [0.2, 0.25) is 0 Å². The van der Waals surface area contributed by atoms with Crippen molar-refractivity contribution in [3.63, 3.8) is 0 Å². The summed E-state index contributed by atoms with van der Waals surface area (Å²) in [5.74, 6) is 0. The number of thiophene rings is 1. The molecule has 4 rings (SSSR count). The van der Waals surface area contributed by atoms with Gasteiger partial charge in [-0.15, -0.1) is 11.3 Å². The smallest absolute Gasteiger partial charge is 0.244 e. The van der Waals surface area contributed by atoms with E-state index < -0.39 is 0 Å². The predicted molar refractivity (Wildman–Crippen MR) is 99.2 cm³/mol. The van der Waals surface area contributed by atoms with Gasteiger partial charge in [0, 0.05) is 0 Å².